The largest absolute Gasteiger partial charge is 0.409 e. The van der Waals surface area contributed by atoms with Gasteiger partial charge in [-0.15, -0.1) is 0 Å². The van der Waals surface area contributed by atoms with Crippen molar-refractivity contribution >= 4 is 17.3 Å². The van der Waals surface area contributed by atoms with E-state index >= 15 is 0 Å². The van der Waals surface area contributed by atoms with Crippen molar-refractivity contribution in [1.29, 1.82) is 0 Å². The molecule has 5 nitrogen and oxygen atoms in total. The lowest BCUT2D eigenvalue weighted by Crippen LogP contribution is -2.25. The van der Waals surface area contributed by atoms with Gasteiger partial charge in [-0.1, -0.05) is 23.4 Å². The van der Waals surface area contributed by atoms with Gasteiger partial charge in [0.1, 0.15) is 5.82 Å². The molecule has 0 atom stereocenters. The number of benzene rings is 1. The van der Waals surface area contributed by atoms with E-state index in [4.69, 9.17) is 10.9 Å². The average Bonchev–Trinajstić information content (AvgIpc) is 2.53. The smallest absolute Gasteiger partial charge is 0.170 e. The summed E-state index contributed by atoms with van der Waals surface area (Å²) < 4.78 is 0. The van der Waals surface area contributed by atoms with E-state index in [1.54, 1.807) is 12.3 Å². The molecule has 0 radical (unpaired) electrons. The average molecular weight is 268 g/mol. The molecule has 2 aromatic rings. The fourth-order valence-corrected chi connectivity index (χ4v) is 2.55. The summed E-state index contributed by atoms with van der Waals surface area (Å²) in [6, 6.07) is 11.9. The van der Waals surface area contributed by atoms with Crippen molar-refractivity contribution < 1.29 is 5.21 Å². The van der Waals surface area contributed by atoms with Crippen LogP contribution in [0.4, 0.5) is 11.5 Å². The number of fused-ring (bicyclic) bond motifs is 1. The van der Waals surface area contributed by atoms with Gasteiger partial charge < -0.3 is 15.8 Å². The second kappa shape index (κ2) is 5.21. The Morgan fingerprint density at radius 3 is 3.00 bits per heavy atom. The van der Waals surface area contributed by atoms with E-state index in [-0.39, 0.29) is 5.84 Å². The summed E-state index contributed by atoms with van der Waals surface area (Å²) in [5.41, 5.74) is 8.82. The number of nitrogens with zero attached hydrogens (tertiary/aromatic N) is 3. The summed E-state index contributed by atoms with van der Waals surface area (Å²) in [7, 11) is 0. The highest BCUT2D eigenvalue weighted by molar-refractivity contribution is 5.97. The maximum absolute atomic E-state index is 8.78. The summed E-state index contributed by atoms with van der Waals surface area (Å²) in [6.07, 6.45) is 3.86. The molecular formula is C15H16N4O. The van der Waals surface area contributed by atoms with Crippen LogP contribution in [0, 0.1) is 0 Å². The van der Waals surface area contributed by atoms with Crippen LogP contribution in [-0.4, -0.2) is 22.6 Å². The van der Waals surface area contributed by atoms with Crippen LogP contribution in [0.1, 0.15) is 17.5 Å². The Labute approximate surface area is 117 Å². The number of rotatable bonds is 2. The molecule has 1 aliphatic rings. The molecule has 1 aromatic heterocycles. The minimum atomic E-state index is 0.0962. The van der Waals surface area contributed by atoms with E-state index in [9.17, 15) is 0 Å². The molecule has 0 amide bonds. The van der Waals surface area contributed by atoms with Gasteiger partial charge >= 0.3 is 0 Å². The van der Waals surface area contributed by atoms with Gasteiger partial charge in [0.25, 0.3) is 0 Å². The summed E-state index contributed by atoms with van der Waals surface area (Å²) in [4.78, 5) is 6.59. The molecule has 102 valence electrons. The molecule has 0 fully saturated rings. The first kappa shape index (κ1) is 12.5. The molecule has 20 heavy (non-hydrogen) atoms. The van der Waals surface area contributed by atoms with Crippen LogP contribution in [0.25, 0.3) is 0 Å². The van der Waals surface area contributed by atoms with E-state index in [0.29, 0.717) is 5.56 Å². The fraction of sp³-hybridized carbons (Fsp3) is 0.200. The molecule has 0 aliphatic carbocycles. The normalized spacial score (nSPS) is 15.0. The van der Waals surface area contributed by atoms with E-state index in [1.165, 1.54) is 11.3 Å². The van der Waals surface area contributed by atoms with Gasteiger partial charge in [0.2, 0.25) is 0 Å². The van der Waals surface area contributed by atoms with Crippen molar-refractivity contribution in [3.63, 3.8) is 0 Å². The Hall–Kier alpha value is -2.56. The highest BCUT2D eigenvalue weighted by Crippen LogP contribution is 2.32. The third kappa shape index (κ3) is 2.18. The molecule has 0 spiro atoms. The highest BCUT2D eigenvalue weighted by atomic mass is 16.4. The second-order valence-corrected chi connectivity index (χ2v) is 4.77. The zero-order chi connectivity index (χ0) is 13.9. The van der Waals surface area contributed by atoms with Gasteiger partial charge in [-0.25, -0.2) is 4.98 Å². The highest BCUT2D eigenvalue weighted by Gasteiger charge is 2.19. The summed E-state index contributed by atoms with van der Waals surface area (Å²) in [5.74, 6) is 0.917. The van der Waals surface area contributed by atoms with Crippen LogP contribution in [-0.2, 0) is 6.42 Å². The number of pyridine rings is 1. The van der Waals surface area contributed by atoms with E-state index in [2.05, 4.69) is 33.2 Å². The first-order chi connectivity index (χ1) is 9.79. The van der Waals surface area contributed by atoms with E-state index in [0.717, 1.165) is 25.2 Å². The fourth-order valence-electron chi connectivity index (χ4n) is 2.55. The molecule has 1 aliphatic heterocycles. The van der Waals surface area contributed by atoms with Gasteiger partial charge in [-0.2, -0.15) is 0 Å². The number of para-hydroxylation sites is 1. The van der Waals surface area contributed by atoms with Gasteiger partial charge in [-0.05, 0) is 36.6 Å². The quantitative estimate of drug-likeness (QED) is 0.379. The number of nitrogens with two attached hydrogens (primary N) is 1. The Morgan fingerprint density at radius 1 is 1.30 bits per heavy atom. The number of aryl methyl sites for hydroxylation is 1. The molecule has 3 rings (SSSR count). The molecule has 0 bridgehead atoms. The van der Waals surface area contributed by atoms with Crippen LogP contribution in [0.3, 0.4) is 0 Å². The second-order valence-electron chi connectivity index (χ2n) is 4.77. The predicted octanol–water partition coefficient (Wildman–Crippen LogP) is 2.26. The number of hydrogen-bond acceptors (Lipinski definition) is 4. The SMILES string of the molecule is N/C(=N\O)c1ccnc(N2CCCc3ccccc32)c1. The number of oxime groups is 1. The van der Waals surface area contributed by atoms with Crippen molar-refractivity contribution in [3.05, 3.63) is 53.7 Å². The van der Waals surface area contributed by atoms with Crippen LogP contribution in [0.2, 0.25) is 0 Å². The van der Waals surface area contributed by atoms with Crippen LogP contribution in [0.5, 0.6) is 0 Å². The van der Waals surface area contributed by atoms with Crippen LogP contribution >= 0.6 is 0 Å². The van der Waals surface area contributed by atoms with Gasteiger partial charge in [0.15, 0.2) is 5.84 Å². The molecule has 0 unspecified atom stereocenters. The third-order valence-electron chi connectivity index (χ3n) is 3.54. The first-order valence-electron chi connectivity index (χ1n) is 6.59. The number of hydrogen-bond donors (Lipinski definition) is 2. The molecule has 2 heterocycles. The van der Waals surface area contributed by atoms with Crippen molar-refractivity contribution in [2.45, 2.75) is 12.8 Å². The minimum absolute atomic E-state index is 0.0962. The summed E-state index contributed by atoms with van der Waals surface area (Å²) in [5, 5.41) is 11.8. The Bertz CT molecular complexity index is 654. The lowest BCUT2D eigenvalue weighted by atomic mass is 10.0. The molecule has 0 saturated heterocycles. The van der Waals surface area contributed by atoms with Gasteiger partial charge in [-0.3, -0.25) is 0 Å². The Morgan fingerprint density at radius 2 is 2.15 bits per heavy atom. The van der Waals surface area contributed by atoms with Crippen molar-refractivity contribution in [2.75, 3.05) is 11.4 Å². The minimum Gasteiger partial charge on any atom is -0.409 e. The van der Waals surface area contributed by atoms with Crippen molar-refractivity contribution in [2.24, 2.45) is 10.9 Å². The maximum atomic E-state index is 8.78. The summed E-state index contributed by atoms with van der Waals surface area (Å²) in [6.45, 7) is 0.920. The monoisotopic (exact) mass is 268 g/mol. The molecular weight excluding hydrogens is 252 g/mol. The van der Waals surface area contributed by atoms with Gasteiger partial charge in [0, 0.05) is 24.0 Å². The molecule has 5 heteroatoms. The number of amidine groups is 1. The van der Waals surface area contributed by atoms with E-state index < -0.39 is 0 Å². The van der Waals surface area contributed by atoms with E-state index in [1.807, 2.05) is 12.1 Å². The molecule has 1 aromatic carbocycles. The first-order valence-corrected chi connectivity index (χ1v) is 6.59. The molecule has 3 N–H and O–H groups in total. The Kier molecular flexibility index (Phi) is 3.25. The topological polar surface area (TPSA) is 74.7 Å². The number of anilines is 2. The Balaban J connectivity index is 2.02. The number of aromatic nitrogens is 1. The third-order valence-corrected chi connectivity index (χ3v) is 3.54. The maximum Gasteiger partial charge on any atom is 0.170 e. The molecule has 0 saturated carbocycles. The van der Waals surface area contributed by atoms with Crippen LogP contribution < -0.4 is 10.6 Å². The lowest BCUT2D eigenvalue weighted by molar-refractivity contribution is 0.318. The predicted molar refractivity (Wildman–Crippen MR) is 78.5 cm³/mol. The zero-order valence-corrected chi connectivity index (χ0v) is 11.0. The van der Waals surface area contributed by atoms with Crippen molar-refractivity contribution in [3.8, 4) is 0 Å². The van der Waals surface area contributed by atoms with Gasteiger partial charge in [0.05, 0.1) is 0 Å². The standard InChI is InChI=1S/C15H16N4O/c16-15(18-20)12-7-8-17-14(10-12)19-9-3-5-11-4-1-2-6-13(11)19/h1-2,4,6-8,10,20H,3,5,9H2,(H2,16,18). The van der Waals surface area contributed by atoms with Crippen LogP contribution in [0.15, 0.2) is 47.8 Å². The lowest BCUT2D eigenvalue weighted by Gasteiger charge is -2.30. The van der Waals surface area contributed by atoms with Crippen molar-refractivity contribution in [1.82, 2.24) is 4.98 Å². The zero-order valence-electron chi connectivity index (χ0n) is 11.0. The summed E-state index contributed by atoms with van der Waals surface area (Å²) >= 11 is 0.